The molecule has 0 aliphatic carbocycles. The second-order valence-electron chi connectivity index (χ2n) is 3.68. The lowest BCUT2D eigenvalue weighted by atomic mass is 10.1. The van der Waals surface area contributed by atoms with Crippen molar-refractivity contribution in [3.8, 4) is 0 Å². The van der Waals surface area contributed by atoms with Crippen molar-refractivity contribution in [2.75, 3.05) is 0 Å². The molecule has 3 aromatic rings. The molecule has 0 unspecified atom stereocenters. The zero-order valence-corrected chi connectivity index (χ0v) is 8.33. The van der Waals surface area contributed by atoms with E-state index < -0.39 is 0 Å². The van der Waals surface area contributed by atoms with Gasteiger partial charge in [0.1, 0.15) is 0 Å². The van der Waals surface area contributed by atoms with Crippen molar-refractivity contribution in [1.82, 2.24) is 4.98 Å². The molecular formula is C14H11N. The molecule has 0 saturated heterocycles. The Hall–Kier alpha value is -2.02. The molecule has 0 bridgehead atoms. The van der Waals surface area contributed by atoms with Gasteiger partial charge in [0.05, 0.1) is 0 Å². The molecule has 3 rings (SSSR count). The summed E-state index contributed by atoms with van der Waals surface area (Å²) in [5, 5.41) is 3.84. The largest absolute Gasteiger partial charge is 0.355 e. The number of H-pyrrole nitrogens is 1. The molecule has 1 N–H and O–H groups in total. The Morgan fingerprint density at radius 3 is 2.73 bits per heavy atom. The first-order chi connectivity index (χ1) is 7.38. The van der Waals surface area contributed by atoms with Crippen molar-refractivity contribution < 1.29 is 0 Å². The Morgan fingerprint density at radius 1 is 1.00 bits per heavy atom. The highest BCUT2D eigenvalue weighted by Gasteiger charge is 2.02. The van der Waals surface area contributed by atoms with Crippen LogP contribution in [0.5, 0.6) is 0 Å². The number of hydrogen-bond acceptors (Lipinski definition) is 0. The number of rotatable bonds is 1. The number of nitrogens with one attached hydrogen (secondary N) is 1. The minimum absolute atomic E-state index is 1.07. The minimum atomic E-state index is 1.07. The van der Waals surface area contributed by atoms with E-state index in [1.807, 2.05) is 6.08 Å². The van der Waals surface area contributed by atoms with Crippen LogP contribution in [0.2, 0.25) is 0 Å². The van der Waals surface area contributed by atoms with Crippen LogP contribution in [0.4, 0.5) is 0 Å². The third kappa shape index (κ3) is 1.17. The van der Waals surface area contributed by atoms with Crippen molar-refractivity contribution in [2.45, 2.75) is 0 Å². The van der Waals surface area contributed by atoms with Crippen molar-refractivity contribution in [2.24, 2.45) is 0 Å². The maximum Gasteiger partial charge on any atom is 0.0465 e. The predicted molar refractivity (Wildman–Crippen MR) is 65.9 cm³/mol. The van der Waals surface area contributed by atoms with E-state index in [1.54, 1.807) is 0 Å². The first kappa shape index (κ1) is 8.30. The van der Waals surface area contributed by atoms with E-state index in [0.717, 1.165) is 5.69 Å². The fraction of sp³-hybridized carbons (Fsp3) is 0. The van der Waals surface area contributed by atoms with Gasteiger partial charge in [0, 0.05) is 16.6 Å². The van der Waals surface area contributed by atoms with Gasteiger partial charge in [0.15, 0.2) is 0 Å². The first-order valence-corrected chi connectivity index (χ1v) is 5.01. The fourth-order valence-electron chi connectivity index (χ4n) is 2.02. The summed E-state index contributed by atoms with van der Waals surface area (Å²) in [7, 11) is 0. The number of aromatic nitrogens is 1. The minimum Gasteiger partial charge on any atom is -0.355 e. The molecule has 0 aliphatic rings. The van der Waals surface area contributed by atoms with E-state index in [1.165, 1.54) is 21.7 Å². The van der Waals surface area contributed by atoms with Crippen LogP contribution in [0, 0.1) is 0 Å². The molecule has 2 aromatic carbocycles. The van der Waals surface area contributed by atoms with Gasteiger partial charge >= 0.3 is 0 Å². The summed E-state index contributed by atoms with van der Waals surface area (Å²) in [6, 6.07) is 14.8. The van der Waals surface area contributed by atoms with Gasteiger partial charge in [-0.15, -0.1) is 0 Å². The predicted octanol–water partition coefficient (Wildman–Crippen LogP) is 3.96. The maximum absolute atomic E-state index is 3.78. The van der Waals surface area contributed by atoms with Gasteiger partial charge in [0.25, 0.3) is 0 Å². The van der Waals surface area contributed by atoms with Gasteiger partial charge < -0.3 is 4.98 Å². The van der Waals surface area contributed by atoms with Gasteiger partial charge in [-0.05, 0) is 29.0 Å². The number of hydrogen-bond donors (Lipinski definition) is 1. The van der Waals surface area contributed by atoms with E-state index in [4.69, 9.17) is 0 Å². The van der Waals surface area contributed by atoms with Crippen molar-refractivity contribution in [1.29, 1.82) is 0 Å². The molecular weight excluding hydrogens is 182 g/mol. The highest BCUT2D eigenvalue weighted by atomic mass is 14.7. The third-order valence-corrected chi connectivity index (χ3v) is 2.77. The molecule has 15 heavy (non-hydrogen) atoms. The quantitative estimate of drug-likeness (QED) is 0.602. The molecule has 0 spiro atoms. The van der Waals surface area contributed by atoms with E-state index in [2.05, 4.69) is 54.0 Å². The van der Waals surface area contributed by atoms with Crippen molar-refractivity contribution >= 4 is 27.8 Å². The number of benzene rings is 2. The lowest BCUT2D eigenvalue weighted by Crippen LogP contribution is -1.72. The Labute approximate surface area is 88.0 Å². The van der Waals surface area contributed by atoms with Crippen molar-refractivity contribution in [3.05, 3.63) is 54.7 Å². The van der Waals surface area contributed by atoms with Crippen LogP contribution in [0.3, 0.4) is 0 Å². The smallest absolute Gasteiger partial charge is 0.0465 e. The van der Waals surface area contributed by atoms with Crippen molar-refractivity contribution in [3.63, 3.8) is 0 Å². The summed E-state index contributed by atoms with van der Waals surface area (Å²) in [6.45, 7) is 3.78. The molecule has 72 valence electrons. The Morgan fingerprint density at radius 2 is 1.87 bits per heavy atom. The average Bonchev–Trinajstić information content (AvgIpc) is 2.72. The zero-order valence-electron chi connectivity index (χ0n) is 8.33. The van der Waals surface area contributed by atoms with E-state index in [0.29, 0.717) is 0 Å². The second kappa shape index (κ2) is 2.99. The standard InChI is InChI=1S/C14H11N/c1-2-11-9-13-12-6-4-3-5-10(12)7-8-14(13)15-11/h2-9,15H,1H2. The van der Waals surface area contributed by atoms with E-state index in [9.17, 15) is 0 Å². The Bertz CT molecular complexity index is 647. The van der Waals surface area contributed by atoms with Crippen LogP contribution >= 0.6 is 0 Å². The molecule has 0 aliphatic heterocycles. The average molecular weight is 193 g/mol. The molecule has 0 amide bonds. The summed E-state index contributed by atoms with van der Waals surface area (Å²) in [6.07, 6.45) is 1.84. The second-order valence-corrected chi connectivity index (χ2v) is 3.68. The molecule has 1 heteroatoms. The number of aromatic amines is 1. The Kier molecular flexibility index (Phi) is 1.65. The summed E-state index contributed by atoms with van der Waals surface area (Å²) in [5.41, 5.74) is 2.24. The van der Waals surface area contributed by atoms with Crippen LogP contribution in [0.15, 0.2) is 49.0 Å². The summed E-state index contributed by atoms with van der Waals surface area (Å²) in [5.74, 6) is 0. The molecule has 1 aromatic heterocycles. The summed E-state index contributed by atoms with van der Waals surface area (Å²) in [4.78, 5) is 3.32. The van der Waals surface area contributed by atoms with Gasteiger partial charge in [-0.3, -0.25) is 0 Å². The number of fused-ring (bicyclic) bond motifs is 3. The molecule has 0 fully saturated rings. The fourth-order valence-corrected chi connectivity index (χ4v) is 2.02. The van der Waals surface area contributed by atoms with Crippen LogP contribution in [0.25, 0.3) is 27.8 Å². The Balaban J connectivity index is 2.52. The SMILES string of the molecule is C=Cc1cc2c(ccc3ccccc32)[nH]1. The van der Waals surface area contributed by atoms with E-state index in [-0.39, 0.29) is 0 Å². The van der Waals surface area contributed by atoms with Crippen LogP contribution in [0.1, 0.15) is 5.69 Å². The van der Waals surface area contributed by atoms with Gasteiger partial charge in [0.2, 0.25) is 0 Å². The monoisotopic (exact) mass is 193 g/mol. The first-order valence-electron chi connectivity index (χ1n) is 5.01. The third-order valence-electron chi connectivity index (χ3n) is 2.77. The topological polar surface area (TPSA) is 15.8 Å². The molecule has 0 atom stereocenters. The highest BCUT2D eigenvalue weighted by Crippen LogP contribution is 2.25. The summed E-state index contributed by atoms with van der Waals surface area (Å²) < 4.78 is 0. The van der Waals surface area contributed by atoms with Gasteiger partial charge in [-0.25, -0.2) is 0 Å². The maximum atomic E-state index is 3.78. The normalized spacial score (nSPS) is 10.9. The van der Waals surface area contributed by atoms with Gasteiger partial charge in [-0.1, -0.05) is 36.9 Å². The zero-order chi connectivity index (χ0) is 10.3. The molecule has 0 radical (unpaired) electrons. The van der Waals surface area contributed by atoms with Crippen LogP contribution in [-0.2, 0) is 0 Å². The lowest BCUT2D eigenvalue weighted by molar-refractivity contribution is 1.44. The molecule has 1 heterocycles. The molecule has 1 nitrogen and oxygen atoms in total. The van der Waals surface area contributed by atoms with E-state index >= 15 is 0 Å². The molecule has 0 saturated carbocycles. The summed E-state index contributed by atoms with van der Waals surface area (Å²) >= 11 is 0. The van der Waals surface area contributed by atoms with Crippen LogP contribution in [-0.4, -0.2) is 4.98 Å². The lowest BCUT2D eigenvalue weighted by Gasteiger charge is -1.97. The van der Waals surface area contributed by atoms with Gasteiger partial charge in [-0.2, -0.15) is 0 Å². The highest BCUT2D eigenvalue weighted by molar-refractivity contribution is 6.07. The van der Waals surface area contributed by atoms with Crippen LogP contribution < -0.4 is 0 Å².